The number of hydrogen-bond acceptors (Lipinski definition) is 4. The summed E-state index contributed by atoms with van der Waals surface area (Å²) >= 11 is 0. The van der Waals surface area contributed by atoms with Crippen LogP contribution in [0.2, 0.25) is 0 Å². The van der Waals surface area contributed by atoms with Gasteiger partial charge in [0.15, 0.2) is 11.5 Å². The molecule has 0 spiro atoms. The van der Waals surface area contributed by atoms with Crippen molar-refractivity contribution in [1.82, 2.24) is 5.48 Å². The summed E-state index contributed by atoms with van der Waals surface area (Å²) in [5, 5.41) is 0. The van der Waals surface area contributed by atoms with Crippen molar-refractivity contribution in [3.8, 4) is 11.5 Å². The number of benzene rings is 1. The normalized spacial score (nSPS) is 9.82. The highest BCUT2D eigenvalue weighted by Crippen LogP contribution is 2.27. The van der Waals surface area contributed by atoms with E-state index < -0.39 is 0 Å². The van der Waals surface area contributed by atoms with E-state index in [1.54, 1.807) is 14.2 Å². The Bertz CT molecular complexity index is 379. The molecule has 1 amide bonds. The summed E-state index contributed by atoms with van der Waals surface area (Å²) in [6.45, 7) is 0. The number of carbonyl (C=O) groups excluding carboxylic acids is 1. The van der Waals surface area contributed by atoms with Crippen molar-refractivity contribution < 1.29 is 19.1 Å². The molecular formula is C12H17NO4. The molecule has 1 aromatic carbocycles. The lowest BCUT2D eigenvalue weighted by atomic mass is 10.1. The first-order chi connectivity index (χ1) is 8.21. The maximum Gasteiger partial charge on any atom is 0.243 e. The van der Waals surface area contributed by atoms with Crippen molar-refractivity contribution in [2.45, 2.75) is 12.8 Å². The first-order valence-electron chi connectivity index (χ1n) is 5.24. The maximum absolute atomic E-state index is 11.2. The number of carbonyl (C=O) groups is 1. The van der Waals surface area contributed by atoms with Crippen molar-refractivity contribution in [2.24, 2.45) is 0 Å². The molecule has 5 nitrogen and oxygen atoms in total. The van der Waals surface area contributed by atoms with Crippen LogP contribution >= 0.6 is 0 Å². The molecule has 94 valence electrons. The number of rotatable bonds is 6. The monoisotopic (exact) mass is 239 g/mol. The summed E-state index contributed by atoms with van der Waals surface area (Å²) < 4.78 is 10.3. The second kappa shape index (κ2) is 6.75. The largest absolute Gasteiger partial charge is 0.493 e. The highest BCUT2D eigenvalue weighted by Gasteiger charge is 2.06. The van der Waals surface area contributed by atoms with Crippen molar-refractivity contribution in [3.63, 3.8) is 0 Å². The van der Waals surface area contributed by atoms with Crippen LogP contribution in [0.25, 0.3) is 0 Å². The average molecular weight is 239 g/mol. The van der Waals surface area contributed by atoms with Gasteiger partial charge in [-0.05, 0) is 24.1 Å². The van der Waals surface area contributed by atoms with Crippen molar-refractivity contribution in [1.29, 1.82) is 0 Å². The van der Waals surface area contributed by atoms with Crippen LogP contribution in [-0.2, 0) is 16.1 Å². The zero-order valence-corrected chi connectivity index (χ0v) is 10.3. The SMILES string of the molecule is CONC(=O)CCc1ccc(OC)c(OC)c1. The molecule has 17 heavy (non-hydrogen) atoms. The molecule has 0 unspecified atom stereocenters. The van der Waals surface area contributed by atoms with E-state index in [2.05, 4.69) is 10.3 Å². The molecule has 0 heterocycles. The van der Waals surface area contributed by atoms with Crippen LogP contribution in [0, 0.1) is 0 Å². The predicted molar refractivity (Wildman–Crippen MR) is 63.0 cm³/mol. The summed E-state index contributed by atoms with van der Waals surface area (Å²) in [7, 11) is 4.58. The number of aryl methyl sites for hydroxylation is 1. The molecule has 0 bridgehead atoms. The Labute approximate surface area is 101 Å². The number of nitrogens with one attached hydrogen (secondary N) is 1. The number of hydrogen-bond donors (Lipinski definition) is 1. The van der Waals surface area contributed by atoms with Crippen LogP contribution in [0.1, 0.15) is 12.0 Å². The lowest BCUT2D eigenvalue weighted by Gasteiger charge is -2.09. The quantitative estimate of drug-likeness (QED) is 0.760. The molecular weight excluding hydrogens is 222 g/mol. The Kier molecular flexibility index (Phi) is 5.29. The first kappa shape index (κ1) is 13.3. The number of amides is 1. The van der Waals surface area contributed by atoms with Gasteiger partial charge in [0.2, 0.25) is 5.91 Å². The van der Waals surface area contributed by atoms with E-state index in [0.717, 1.165) is 5.56 Å². The second-order valence-corrected chi connectivity index (χ2v) is 3.42. The van der Waals surface area contributed by atoms with Crippen molar-refractivity contribution in [2.75, 3.05) is 21.3 Å². The molecule has 0 saturated heterocycles. The van der Waals surface area contributed by atoms with E-state index in [0.29, 0.717) is 24.3 Å². The molecule has 1 N–H and O–H groups in total. The fraction of sp³-hybridized carbons (Fsp3) is 0.417. The fourth-order valence-corrected chi connectivity index (χ4v) is 1.46. The molecule has 1 aromatic rings. The van der Waals surface area contributed by atoms with Gasteiger partial charge in [-0.1, -0.05) is 6.07 Å². The third-order valence-corrected chi connectivity index (χ3v) is 2.30. The molecule has 0 aromatic heterocycles. The molecule has 0 radical (unpaired) electrons. The minimum Gasteiger partial charge on any atom is -0.493 e. The third kappa shape index (κ3) is 3.96. The Morgan fingerprint density at radius 1 is 1.18 bits per heavy atom. The van der Waals surface area contributed by atoms with Gasteiger partial charge in [0.05, 0.1) is 21.3 Å². The van der Waals surface area contributed by atoms with Crippen LogP contribution in [-0.4, -0.2) is 27.2 Å². The maximum atomic E-state index is 11.2. The molecule has 0 atom stereocenters. The molecule has 0 aliphatic carbocycles. The lowest BCUT2D eigenvalue weighted by Crippen LogP contribution is -2.21. The van der Waals surface area contributed by atoms with Gasteiger partial charge in [-0.3, -0.25) is 9.63 Å². The van der Waals surface area contributed by atoms with Crippen LogP contribution in [0.3, 0.4) is 0 Å². The highest BCUT2D eigenvalue weighted by atomic mass is 16.6. The van der Waals surface area contributed by atoms with E-state index in [1.165, 1.54) is 7.11 Å². The second-order valence-electron chi connectivity index (χ2n) is 3.42. The molecule has 0 saturated carbocycles. The Morgan fingerprint density at radius 2 is 1.88 bits per heavy atom. The van der Waals surface area contributed by atoms with Crippen LogP contribution in [0.5, 0.6) is 11.5 Å². The van der Waals surface area contributed by atoms with E-state index in [9.17, 15) is 4.79 Å². The van der Waals surface area contributed by atoms with E-state index in [4.69, 9.17) is 9.47 Å². The molecule has 1 rings (SSSR count). The lowest BCUT2D eigenvalue weighted by molar-refractivity contribution is -0.131. The van der Waals surface area contributed by atoms with Gasteiger partial charge in [-0.25, -0.2) is 5.48 Å². The van der Waals surface area contributed by atoms with Crippen molar-refractivity contribution >= 4 is 5.91 Å². The molecule has 5 heteroatoms. The Balaban J connectivity index is 2.63. The van der Waals surface area contributed by atoms with E-state index >= 15 is 0 Å². The smallest absolute Gasteiger partial charge is 0.243 e. The summed E-state index contributed by atoms with van der Waals surface area (Å²) in [6.07, 6.45) is 0.985. The number of methoxy groups -OCH3 is 2. The minimum absolute atomic E-state index is 0.151. The van der Waals surface area contributed by atoms with Gasteiger partial charge in [-0.2, -0.15) is 0 Å². The number of hydroxylamine groups is 1. The molecule has 0 aliphatic heterocycles. The minimum atomic E-state index is -0.151. The summed E-state index contributed by atoms with van der Waals surface area (Å²) in [5.41, 5.74) is 3.28. The summed E-state index contributed by atoms with van der Waals surface area (Å²) in [6, 6.07) is 5.59. The topological polar surface area (TPSA) is 56.8 Å². The Morgan fingerprint density at radius 3 is 2.47 bits per heavy atom. The van der Waals surface area contributed by atoms with Gasteiger partial charge in [-0.15, -0.1) is 0 Å². The predicted octanol–water partition coefficient (Wildman–Crippen LogP) is 1.31. The zero-order chi connectivity index (χ0) is 12.7. The molecule has 0 fully saturated rings. The molecule has 0 aliphatic rings. The van der Waals surface area contributed by atoms with Gasteiger partial charge < -0.3 is 9.47 Å². The number of ether oxygens (including phenoxy) is 2. The van der Waals surface area contributed by atoms with Gasteiger partial charge in [0.25, 0.3) is 0 Å². The zero-order valence-electron chi connectivity index (χ0n) is 10.3. The van der Waals surface area contributed by atoms with Crippen LogP contribution < -0.4 is 15.0 Å². The van der Waals surface area contributed by atoms with Crippen molar-refractivity contribution in [3.05, 3.63) is 23.8 Å². The van der Waals surface area contributed by atoms with Crippen LogP contribution in [0.4, 0.5) is 0 Å². The van der Waals surface area contributed by atoms with Gasteiger partial charge >= 0.3 is 0 Å². The fourth-order valence-electron chi connectivity index (χ4n) is 1.46. The third-order valence-electron chi connectivity index (χ3n) is 2.30. The van der Waals surface area contributed by atoms with E-state index in [1.807, 2.05) is 18.2 Å². The summed E-state index contributed by atoms with van der Waals surface area (Å²) in [4.78, 5) is 15.7. The van der Waals surface area contributed by atoms with Gasteiger partial charge in [0.1, 0.15) is 0 Å². The highest BCUT2D eigenvalue weighted by molar-refractivity contribution is 5.75. The van der Waals surface area contributed by atoms with Gasteiger partial charge in [0, 0.05) is 6.42 Å². The average Bonchev–Trinajstić information content (AvgIpc) is 2.36. The summed E-state index contributed by atoms with van der Waals surface area (Å²) in [5.74, 6) is 1.19. The van der Waals surface area contributed by atoms with Crippen LogP contribution in [0.15, 0.2) is 18.2 Å². The Hall–Kier alpha value is -1.75. The standard InChI is InChI=1S/C12H17NO4/c1-15-10-6-4-9(8-11(10)16-2)5-7-12(14)13-17-3/h4,6,8H,5,7H2,1-3H3,(H,13,14). The first-order valence-corrected chi connectivity index (χ1v) is 5.24. The van der Waals surface area contributed by atoms with E-state index in [-0.39, 0.29) is 5.91 Å².